The average molecular weight is 242 g/mol. The number of nitrogens with zero attached hydrogens (tertiary/aromatic N) is 2. The summed E-state index contributed by atoms with van der Waals surface area (Å²) in [5, 5.41) is 7.78. The molecule has 1 unspecified atom stereocenters. The van der Waals surface area contributed by atoms with Gasteiger partial charge in [0.15, 0.2) is 5.78 Å². The Kier molecular flexibility index (Phi) is 3.04. The number of aryl methyl sites for hydroxylation is 1. The molecule has 1 atom stereocenters. The Morgan fingerprint density at radius 3 is 3.06 bits per heavy atom. The SMILES string of the molecule is CCn1ncc(Cl)c1C(=O)C1(C)CCNC1. The number of carbonyl (C=O) groups excluding carboxylic acids is 1. The van der Waals surface area contributed by atoms with Gasteiger partial charge >= 0.3 is 0 Å². The number of hydrogen-bond acceptors (Lipinski definition) is 3. The Labute approximate surface area is 100.0 Å². The van der Waals surface area contributed by atoms with E-state index < -0.39 is 0 Å². The Morgan fingerprint density at radius 2 is 2.50 bits per heavy atom. The maximum atomic E-state index is 12.4. The summed E-state index contributed by atoms with van der Waals surface area (Å²) in [6, 6.07) is 0. The van der Waals surface area contributed by atoms with Crippen LogP contribution < -0.4 is 5.32 Å². The van der Waals surface area contributed by atoms with E-state index in [1.807, 2.05) is 13.8 Å². The molecule has 5 heteroatoms. The van der Waals surface area contributed by atoms with E-state index in [0.29, 0.717) is 17.3 Å². The minimum Gasteiger partial charge on any atom is -0.316 e. The number of halogens is 1. The lowest BCUT2D eigenvalue weighted by Crippen LogP contribution is -2.32. The molecule has 0 aromatic carbocycles. The topological polar surface area (TPSA) is 46.9 Å². The normalized spacial score (nSPS) is 24.9. The molecule has 0 bridgehead atoms. The van der Waals surface area contributed by atoms with Crippen LogP contribution in [0.5, 0.6) is 0 Å². The van der Waals surface area contributed by atoms with Crippen LogP contribution in [-0.2, 0) is 6.54 Å². The van der Waals surface area contributed by atoms with Gasteiger partial charge in [-0.25, -0.2) is 0 Å². The van der Waals surface area contributed by atoms with Crippen molar-refractivity contribution in [2.24, 2.45) is 5.41 Å². The van der Waals surface area contributed by atoms with Crippen LogP contribution in [0.2, 0.25) is 5.02 Å². The van der Waals surface area contributed by atoms with Crippen LogP contribution in [0.1, 0.15) is 30.8 Å². The van der Waals surface area contributed by atoms with Crippen LogP contribution in [0.4, 0.5) is 0 Å². The molecule has 1 aromatic rings. The van der Waals surface area contributed by atoms with Crippen molar-refractivity contribution in [1.29, 1.82) is 0 Å². The molecular weight excluding hydrogens is 226 g/mol. The second kappa shape index (κ2) is 4.18. The van der Waals surface area contributed by atoms with Gasteiger partial charge in [0.25, 0.3) is 0 Å². The fourth-order valence-electron chi connectivity index (χ4n) is 2.12. The van der Waals surface area contributed by atoms with Gasteiger partial charge in [-0.1, -0.05) is 18.5 Å². The Hall–Kier alpha value is -0.870. The summed E-state index contributed by atoms with van der Waals surface area (Å²) in [7, 11) is 0. The lowest BCUT2D eigenvalue weighted by atomic mass is 9.83. The van der Waals surface area contributed by atoms with E-state index in [1.54, 1.807) is 10.9 Å². The summed E-state index contributed by atoms with van der Waals surface area (Å²) in [5.41, 5.74) is 0.215. The quantitative estimate of drug-likeness (QED) is 0.820. The molecule has 1 aliphatic rings. The molecule has 2 heterocycles. The summed E-state index contributed by atoms with van der Waals surface area (Å²) in [4.78, 5) is 12.4. The third kappa shape index (κ3) is 1.76. The lowest BCUT2D eigenvalue weighted by molar-refractivity contribution is 0.0828. The second-order valence-electron chi connectivity index (χ2n) is 4.47. The Morgan fingerprint density at radius 1 is 1.75 bits per heavy atom. The summed E-state index contributed by atoms with van der Waals surface area (Å²) >= 11 is 6.03. The first-order chi connectivity index (χ1) is 7.58. The maximum Gasteiger partial charge on any atom is 0.189 e. The summed E-state index contributed by atoms with van der Waals surface area (Å²) in [6.07, 6.45) is 2.40. The van der Waals surface area contributed by atoms with Crippen LogP contribution >= 0.6 is 11.6 Å². The number of carbonyl (C=O) groups is 1. The van der Waals surface area contributed by atoms with Gasteiger partial charge in [-0.05, 0) is 19.9 Å². The van der Waals surface area contributed by atoms with E-state index in [9.17, 15) is 4.79 Å². The molecule has 1 saturated heterocycles. The molecule has 4 nitrogen and oxygen atoms in total. The second-order valence-corrected chi connectivity index (χ2v) is 4.88. The predicted octanol–water partition coefficient (Wildman–Crippen LogP) is 1.74. The van der Waals surface area contributed by atoms with E-state index in [1.165, 1.54) is 0 Å². The molecule has 0 aliphatic carbocycles. The zero-order chi connectivity index (χ0) is 11.8. The van der Waals surface area contributed by atoms with Gasteiger partial charge in [0.05, 0.1) is 11.2 Å². The first-order valence-electron chi connectivity index (χ1n) is 5.55. The van der Waals surface area contributed by atoms with E-state index in [-0.39, 0.29) is 11.2 Å². The number of rotatable bonds is 3. The van der Waals surface area contributed by atoms with E-state index in [4.69, 9.17) is 11.6 Å². The highest BCUT2D eigenvalue weighted by Gasteiger charge is 2.39. The van der Waals surface area contributed by atoms with E-state index >= 15 is 0 Å². The molecule has 1 aromatic heterocycles. The van der Waals surface area contributed by atoms with Gasteiger partial charge in [-0.3, -0.25) is 9.48 Å². The van der Waals surface area contributed by atoms with Crippen LogP contribution in [0, 0.1) is 5.41 Å². The first-order valence-corrected chi connectivity index (χ1v) is 5.93. The maximum absolute atomic E-state index is 12.4. The average Bonchev–Trinajstić information content (AvgIpc) is 2.85. The van der Waals surface area contributed by atoms with Gasteiger partial charge in [0, 0.05) is 18.5 Å². The molecule has 16 heavy (non-hydrogen) atoms. The summed E-state index contributed by atoms with van der Waals surface area (Å²) < 4.78 is 1.67. The highest BCUT2D eigenvalue weighted by atomic mass is 35.5. The third-order valence-corrected chi connectivity index (χ3v) is 3.50. The van der Waals surface area contributed by atoms with Crippen molar-refractivity contribution < 1.29 is 4.79 Å². The fourth-order valence-corrected chi connectivity index (χ4v) is 2.35. The monoisotopic (exact) mass is 241 g/mol. The third-order valence-electron chi connectivity index (χ3n) is 3.23. The molecule has 0 spiro atoms. The van der Waals surface area contributed by atoms with Gasteiger partial charge < -0.3 is 5.32 Å². The van der Waals surface area contributed by atoms with Crippen molar-refractivity contribution in [2.75, 3.05) is 13.1 Å². The lowest BCUT2D eigenvalue weighted by Gasteiger charge is -2.21. The van der Waals surface area contributed by atoms with Crippen molar-refractivity contribution in [1.82, 2.24) is 15.1 Å². The Bertz CT molecular complexity index is 407. The van der Waals surface area contributed by atoms with Gasteiger partial charge in [0.2, 0.25) is 0 Å². The van der Waals surface area contributed by atoms with Crippen LogP contribution in [0.25, 0.3) is 0 Å². The molecule has 0 saturated carbocycles. The van der Waals surface area contributed by atoms with Gasteiger partial charge in [-0.15, -0.1) is 0 Å². The molecule has 88 valence electrons. The number of nitrogens with one attached hydrogen (secondary N) is 1. The standard InChI is InChI=1S/C11H16ClN3O/c1-3-15-9(8(12)6-14-15)10(16)11(2)4-5-13-7-11/h6,13H,3-5,7H2,1-2H3. The summed E-state index contributed by atoms with van der Waals surface area (Å²) in [5.74, 6) is 0.0989. The number of Topliss-reactive ketones (excluding diaryl/α,β-unsaturated/α-hetero) is 1. The summed E-state index contributed by atoms with van der Waals surface area (Å²) in [6.45, 7) is 6.21. The van der Waals surface area contributed by atoms with Gasteiger partial charge in [-0.2, -0.15) is 5.10 Å². The van der Waals surface area contributed by atoms with E-state index in [0.717, 1.165) is 19.5 Å². The van der Waals surface area contributed by atoms with Crippen molar-refractivity contribution in [3.63, 3.8) is 0 Å². The van der Waals surface area contributed by atoms with Crippen molar-refractivity contribution in [3.8, 4) is 0 Å². The molecule has 1 fully saturated rings. The zero-order valence-electron chi connectivity index (χ0n) is 9.59. The molecule has 0 radical (unpaired) electrons. The fraction of sp³-hybridized carbons (Fsp3) is 0.636. The zero-order valence-corrected chi connectivity index (χ0v) is 10.3. The van der Waals surface area contributed by atoms with Crippen molar-refractivity contribution in [2.45, 2.75) is 26.8 Å². The van der Waals surface area contributed by atoms with Crippen molar-refractivity contribution in [3.05, 3.63) is 16.9 Å². The minimum absolute atomic E-state index is 0.0989. The highest BCUT2D eigenvalue weighted by molar-refractivity contribution is 6.33. The highest BCUT2D eigenvalue weighted by Crippen LogP contribution is 2.31. The molecular formula is C11H16ClN3O. The smallest absolute Gasteiger partial charge is 0.189 e. The largest absolute Gasteiger partial charge is 0.316 e. The van der Waals surface area contributed by atoms with Crippen LogP contribution in [0.15, 0.2) is 6.20 Å². The number of hydrogen-bond donors (Lipinski definition) is 1. The van der Waals surface area contributed by atoms with Crippen molar-refractivity contribution >= 4 is 17.4 Å². The molecule has 2 rings (SSSR count). The van der Waals surface area contributed by atoms with Crippen LogP contribution in [0.3, 0.4) is 0 Å². The first kappa shape index (κ1) is 11.6. The number of aromatic nitrogens is 2. The Balaban J connectivity index is 2.36. The number of ketones is 1. The van der Waals surface area contributed by atoms with E-state index in [2.05, 4.69) is 10.4 Å². The minimum atomic E-state index is -0.337. The molecule has 1 N–H and O–H groups in total. The predicted molar refractivity (Wildman–Crippen MR) is 62.8 cm³/mol. The molecule has 1 aliphatic heterocycles. The molecule has 0 amide bonds. The van der Waals surface area contributed by atoms with Gasteiger partial charge in [0.1, 0.15) is 5.69 Å². The van der Waals surface area contributed by atoms with Crippen LogP contribution in [-0.4, -0.2) is 28.7 Å².